The van der Waals surface area contributed by atoms with Crippen LogP contribution in [-0.4, -0.2) is 31.2 Å². The molecule has 0 saturated carbocycles. The minimum absolute atomic E-state index is 0.108. The molecule has 0 radical (unpaired) electrons. The van der Waals surface area contributed by atoms with Crippen molar-refractivity contribution in [1.29, 1.82) is 0 Å². The first-order chi connectivity index (χ1) is 9.08. The first-order valence-electron chi connectivity index (χ1n) is 6.14. The molecule has 1 aromatic carbocycles. The van der Waals surface area contributed by atoms with E-state index in [0.717, 1.165) is 5.56 Å². The first-order valence-corrected chi connectivity index (χ1v) is 6.94. The molecule has 19 heavy (non-hydrogen) atoms. The van der Waals surface area contributed by atoms with Crippen LogP contribution in [0.3, 0.4) is 0 Å². The van der Waals surface area contributed by atoms with Gasteiger partial charge in [-0.3, -0.25) is 4.79 Å². The van der Waals surface area contributed by atoms with Crippen LogP contribution in [0.5, 0.6) is 0 Å². The van der Waals surface area contributed by atoms with Gasteiger partial charge in [0.2, 0.25) is 5.91 Å². The molecule has 1 aromatic rings. The third-order valence-electron chi connectivity index (χ3n) is 3.07. The van der Waals surface area contributed by atoms with Gasteiger partial charge >= 0.3 is 0 Å². The highest BCUT2D eigenvalue weighted by Crippen LogP contribution is 2.17. The molecule has 104 valence electrons. The van der Waals surface area contributed by atoms with E-state index < -0.39 is 0 Å². The van der Waals surface area contributed by atoms with Gasteiger partial charge in [-0.2, -0.15) is 0 Å². The summed E-state index contributed by atoms with van der Waals surface area (Å²) in [7, 11) is 0. The van der Waals surface area contributed by atoms with E-state index in [4.69, 9.17) is 4.74 Å². The zero-order valence-corrected chi connectivity index (χ0v) is 12.2. The fourth-order valence-corrected chi connectivity index (χ4v) is 2.48. The number of morpholine rings is 1. The number of amides is 1. The topological polar surface area (TPSA) is 50.4 Å². The van der Waals surface area contributed by atoms with Gasteiger partial charge in [0.1, 0.15) is 11.9 Å². The lowest BCUT2D eigenvalue weighted by Gasteiger charge is -2.29. The van der Waals surface area contributed by atoms with Crippen molar-refractivity contribution >= 4 is 21.8 Å². The number of hydrogen-bond acceptors (Lipinski definition) is 3. The van der Waals surface area contributed by atoms with Crippen molar-refractivity contribution in [3.63, 3.8) is 0 Å². The van der Waals surface area contributed by atoms with E-state index in [1.807, 2.05) is 6.92 Å². The Bertz CT molecular complexity index is 470. The van der Waals surface area contributed by atoms with Gasteiger partial charge in [-0.1, -0.05) is 22.0 Å². The summed E-state index contributed by atoms with van der Waals surface area (Å²) in [6, 6.07) is 4.06. The van der Waals surface area contributed by atoms with Gasteiger partial charge < -0.3 is 15.4 Å². The molecule has 0 bridgehead atoms. The fraction of sp³-hybridized carbons (Fsp3) is 0.462. The number of hydrogen-bond donors (Lipinski definition) is 2. The van der Waals surface area contributed by atoms with Crippen molar-refractivity contribution in [3.05, 3.63) is 34.1 Å². The molecule has 0 aromatic heterocycles. The highest BCUT2D eigenvalue weighted by atomic mass is 79.9. The molecule has 1 saturated heterocycles. The second-order valence-electron chi connectivity index (χ2n) is 4.46. The van der Waals surface area contributed by atoms with Gasteiger partial charge in [-0.25, -0.2) is 4.39 Å². The Morgan fingerprint density at radius 2 is 2.42 bits per heavy atom. The predicted molar refractivity (Wildman–Crippen MR) is 73.2 cm³/mol. The van der Waals surface area contributed by atoms with Gasteiger partial charge in [-0.15, -0.1) is 0 Å². The summed E-state index contributed by atoms with van der Waals surface area (Å²) in [6.45, 7) is 3.51. The quantitative estimate of drug-likeness (QED) is 0.884. The van der Waals surface area contributed by atoms with Gasteiger partial charge in [0.05, 0.1) is 12.7 Å². The summed E-state index contributed by atoms with van der Waals surface area (Å²) in [6.07, 6.45) is -0.148. The van der Waals surface area contributed by atoms with E-state index in [9.17, 15) is 9.18 Å². The average molecular weight is 331 g/mol. The lowest BCUT2D eigenvalue weighted by molar-refractivity contribution is -0.129. The van der Waals surface area contributed by atoms with Crippen molar-refractivity contribution in [2.45, 2.75) is 25.6 Å². The van der Waals surface area contributed by atoms with E-state index in [-0.39, 0.29) is 23.9 Å². The Labute approximate surface area is 119 Å². The van der Waals surface area contributed by atoms with Crippen LogP contribution in [0.1, 0.15) is 12.5 Å². The minimum atomic E-state index is -0.340. The maximum absolute atomic E-state index is 12.9. The number of carbonyl (C=O) groups is 1. The number of benzene rings is 1. The Balaban J connectivity index is 1.92. The molecule has 1 fully saturated rings. The summed E-state index contributed by atoms with van der Waals surface area (Å²) >= 11 is 3.27. The van der Waals surface area contributed by atoms with E-state index in [0.29, 0.717) is 24.2 Å². The number of nitrogens with one attached hydrogen (secondary N) is 2. The third kappa shape index (κ3) is 3.75. The number of ether oxygens (including phenoxy) is 1. The highest BCUT2D eigenvalue weighted by molar-refractivity contribution is 9.10. The first kappa shape index (κ1) is 14.4. The SMILES string of the molecule is C[C@H]1OCCN[C@@H]1C(=O)NCc1ccc(F)cc1Br. The molecule has 1 aliphatic rings. The molecule has 2 N–H and O–H groups in total. The molecule has 1 aliphatic heterocycles. The van der Waals surface area contributed by atoms with E-state index in [1.165, 1.54) is 12.1 Å². The Kier molecular flexibility index (Phi) is 4.90. The van der Waals surface area contributed by atoms with Crippen molar-refractivity contribution < 1.29 is 13.9 Å². The van der Waals surface area contributed by atoms with E-state index in [2.05, 4.69) is 26.6 Å². The Hall–Kier alpha value is -0.980. The van der Waals surface area contributed by atoms with Gasteiger partial charge in [0, 0.05) is 17.6 Å². The largest absolute Gasteiger partial charge is 0.375 e. The third-order valence-corrected chi connectivity index (χ3v) is 3.81. The molecule has 0 spiro atoms. The lowest BCUT2D eigenvalue weighted by Crippen LogP contribution is -2.55. The molecule has 2 atom stereocenters. The molecule has 0 aliphatic carbocycles. The zero-order valence-electron chi connectivity index (χ0n) is 10.6. The van der Waals surface area contributed by atoms with Crippen LogP contribution in [0.25, 0.3) is 0 Å². The van der Waals surface area contributed by atoms with Crippen LogP contribution in [0.2, 0.25) is 0 Å². The summed E-state index contributed by atoms with van der Waals surface area (Å²) in [5, 5.41) is 5.95. The zero-order chi connectivity index (χ0) is 13.8. The second kappa shape index (κ2) is 6.45. The van der Waals surface area contributed by atoms with Crippen LogP contribution < -0.4 is 10.6 Å². The fourth-order valence-electron chi connectivity index (χ4n) is 1.98. The molecule has 1 amide bonds. The summed E-state index contributed by atoms with van der Waals surface area (Å²) < 4.78 is 19.0. The number of carbonyl (C=O) groups excluding carboxylic acids is 1. The van der Waals surface area contributed by atoms with Crippen molar-refractivity contribution in [2.24, 2.45) is 0 Å². The van der Waals surface area contributed by atoms with Crippen molar-refractivity contribution in [1.82, 2.24) is 10.6 Å². The van der Waals surface area contributed by atoms with Gasteiger partial charge in [0.15, 0.2) is 0 Å². The average Bonchev–Trinajstić information content (AvgIpc) is 2.38. The van der Waals surface area contributed by atoms with Crippen LogP contribution >= 0.6 is 15.9 Å². The minimum Gasteiger partial charge on any atom is -0.375 e. The van der Waals surface area contributed by atoms with Crippen LogP contribution in [0.4, 0.5) is 4.39 Å². The van der Waals surface area contributed by atoms with Gasteiger partial charge in [-0.05, 0) is 24.6 Å². The monoisotopic (exact) mass is 330 g/mol. The van der Waals surface area contributed by atoms with E-state index >= 15 is 0 Å². The van der Waals surface area contributed by atoms with E-state index in [1.54, 1.807) is 6.07 Å². The normalized spacial score (nSPS) is 23.1. The molecule has 0 unspecified atom stereocenters. The molecule has 1 heterocycles. The molecule has 6 heteroatoms. The van der Waals surface area contributed by atoms with Crippen molar-refractivity contribution in [2.75, 3.05) is 13.2 Å². The maximum atomic E-state index is 12.9. The summed E-state index contributed by atoms with van der Waals surface area (Å²) in [5.41, 5.74) is 0.833. The number of rotatable bonds is 3. The predicted octanol–water partition coefficient (Wildman–Crippen LogP) is 1.58. The molecule has 4 nitrogen and oxygen atoms in total. The lowest BCUT2D eigenvalue weighted by atomic mass is 10.1. The second-order valence-corrected chi connectivity index (χ2v) is 5.32. The molecular weight excluding hydrogens is 315 g/mol. The van der Waals surface area contributed by atoms with Crippen LogP contribution in [0.15, 0.2) is 22.7 Å². The maximum Gasteiger partial charge on any atom is 0.240 e. The van der Waals surface area contributed by atoms with Crippen LogP contribution in [0, 0.1) is 5.82 Å². The Morgan fingerprint density at radius 3 is 3.11 bits per heavy atom. The van der Waals surface area contributed by atoms with Crippen LogP contribution in [-0.2, 0) is 16.1 Å². The summed E-state index contributed by atoms with van der Waals surface area (Å²) in [4.78, 5) is 12.0. The molecule has 2 rings (SSSR count). The van der Waals surface area contributed by atoms with Gasteiger partial charge in [0.25, 0.3) is 0 Å². The standard InChI is InChI=1S/C13H16BrFN2O2/c1-8-12(16-4-5-19-8)13(18)17-7-9-2-3-10(15)6-11(9)14/h2-3,6,8,12,16H,4-5,7H2,1H3,(H,17,18)/t8-,12+/m1/s1. The smallest absolute Gasteiger partial charge is 0.240 e. The Morgan fingerprint density at radius 1 is 1.63 bits per heavy atom. The summed E-state index contributed by atoms with van der Waals surface area (Å²) in [5.74, 6) is -0.415. The number of halogens is 2. The highest BCUT2D eigenvalue weighted by Gasteiger charge is 2.27. The molecular formula is C13H16BrFN2O2. The van der Waals surface area contributed by atoms with Crippen molar-refractivity contribution in [3.8, 4) is 0 Å².